The third-order valence-electron chi connectivity index (χ3n) is 4.92. The Kier molecular flexibility index (Phi) is 6.47. The van der Waals surface area contributed by atoms with Gasteiger partial charge in [-0.2, -0.15) is 0 Å². The Morgan fingerprint density at radius 2 is 1.84 bits per heavy atom. The van der Waals surface area contributed by atoms with Crippen molar-refractivity contribution in [3.63, 3.8) is 0 Å². The van der Waals surface area contributed by atoms with Crippen molar-refractivity contribution in [2.45, 2.75) is 11.8 Å². The molecular formula is C25H22N2O4S. The summed E-state index contributed by atoms with van der Waals surface area (Å²) in [5.41, 5.74) is 5.20. The monoisotopic (exact) mass is 446 g/mol. The van der Waals surface area contributed by atoms with Crippen LogP contribution in [0.5, 0.6) is 11.5 Å². The number of amides is 2. The summed E-state index contributed by atoms with van der Waals surface area (Å²) in [6.45, 7) is 0. The molecule has 1 aliphatic rings. The average molecular weight is 447 g/mol. The molecule has 0 aromatic heterocycles. The molecule has 0 bridgehead atoms. The van der Waals surface area contributed by atoms with Gasteiger partial charge in [-0.3, -0.25) is 15.0 Å². The van der Waals surface area contributed by atoms with Gasteiger partial charge in [0.1, 0.15) is 16.9 Å². The van der Waals surface area contributed by atoms with Crippen LogP contribution in [0.15, 0.2) is 83.8 Å². The SMILES string of the molecule is COc1ccc(C2SC(=Cc3cccc(O)c3)C(=O)N2NC(=O)Cc2ccccc2)cc1. The number of hydrogen-bond acceptors (Lipinski definition) is 5. The van der Waals surface area contributed by atoms with Crippen LogP contribution in [-0.4, -0.2) is 29.0 Å². The predicted octanol–water partition coefficient (Wildman–Crippen LogP) is 4.29. The van der Waals surface area contributed by atoms with Crippen LogP contribution in [0, 0.1) is 0 Å². The van der Waals surface area contributed by atoms with Crippen LogP contribution in [0.4, 0.5) is 0 Å². The molecule has 3 aromatic carbocycles. The lowest BCUT2D eigenvalue weighted by Gasteiger charge is -2.24. The second-order valence-electron chi connectivity index (χ2n) is 7.22. The van der Waals surface area contributed by atoms with Crippen molar-refractivity contribution < 1.29 is 19.4 Å². The number of carbonyl (C=O) groups excluding carboxylic acids is 2. The van der Waals surface area contributed by atoms with Gasteiger partial charge in [0, 0.05) is 0 Å². The van der Waals surface area contributed by atoms with E-state index in [1.54, 1.807) is 37.5 Å². The molecule has 0 radical (unpaired) electrons. The zero-order chi connectivity index (χ0) is 22.5. The molecule has 1 unspecified atom stereocenters. The highest BCUT2D eigenvalue weighted by Crippen LogP contribution is 2.45. The Labute approximate surface area is 190 Å². The van der Waals surface area contributed by atoms with Gasteiger partial charge < -0.3 is 9.84 Å². The number of nitrogens with zero attached hydrogens (tertiary/aromatic N) is 1. The Hall–Kier alpha value is -3.71. The number of ether oxygens (including phenoxy) is 1. The Balaban J connectivity index is 1.61. The fourth-order valence-corrected chi connectivity index (χ4v) is 4.55. The number of hydrogen-bond donors (Lipinski definition) is 2. The molecule has 0 aliphatic carbocycles. The number of hydrazine groups is 1. The van der Waals surface area contributed by atoms with Crippen LogP contribution in [-0.2, 0) is 16.0 Å². The summed E-state index contributed by atoms with van der Waals surface area (Å²) in [5, 5.41) is 10.7. The molecule has 7 heteroatoms. The van der Waals surface area contributed by atoms with Crippen LogP contribution in [0.2, 0.25) is 0 Å². The van der Waals surface area contributed by atoms with Crippen LogP contribution >= 0.6 is 11.8 Å². The minimum Gasteiger partial charge on any atom is -0.508 e. The lowest BCUT2D eigenvalue weighted by atomic mass is 10.1. The highest BCUT2D eigenvalue weighted by Gasteiger charge is 2.38. The zero-order valence-electron chi connectivity index (χ0n) is 17.4. The molecule has 0 spiro atoms. The normalized spacial score (nSPS) is 16.9. The summed E-state index contributed by atoms with van der Waals surface area (Å²) in [7, 11) is 1.59. The number of thioether (sulfide) groups is 1. The topological polar surface area (TPSA) is 78.9 Å². The Morgan fingerprint density at radius 1 is 1.09 bits per heavy atom. The first kappa shape index (κ1) is 21.5. The number of carbonyl (C=O) groups is 2. The number of phenolic OH excluding ortho intramolecular Hbond substituents is 1. The van der Waals surface area contributed by atoms with E-state index in [9.17, 15) is 14.7 Å². The number of aromatic hydroxyl groups is 1. The van der Waals surface area contributed by atoms with Gasteiger partial charge >= 0.3 is 0 Å². The summed E-state index contributed by atoms with van der Waals surface area (Å²) < 4.78 is 5.23. The summed E-state index contributed by atoms with van der Waals surface area (Å²) in [6.07, 6.45) is 1.88. The highest BCUT2D eigenvalue weighted by atomic mass is 32.2. The summed E-state index contributed by atoms with van der Waals surface area (Å²) in [5.74, 6) is 0.246. The van der Waals surface area contributed by atoms with Crippen LogP contribution in [0.25, 0.3) is 6.08 Å². The maximum atomic E-state index is 13.2. The molecule has 2 N–H and O–H groups in total. The first-order valence-electron chi connectivity index (χ1n) is 10.0. The van der Waals surface area contributed by atoms with Gasteiger partial charge in [0.15, 0.2) is 0 Å². The van der Waals surface area contributed by atoms with Gasteiger partial charge in [-0.05, 0) is 47.0 Å². The quantitative estimate of drug-likeness (QED) is 0.553. The largest absolute Gasteiger partial charge is 0.508 e. The fraction of sp³-hybridized carbons (Fsp3) is 0.120. The molecule has 1 atom stereocenters. The molecule has 1 fully saturated rings. The third-order valence-corrected chi connectivity index (χ3v) is 6.18. The number of methoxy groups -OCH3 is 1. The van der Waals surface area contributed by atoms with E-state index in [-0.39, 0.29) is 24.0 Å². The van der Waals surface area contributed by atoms with E-state index >= 15 is 0 Å². The molecule has 3 aromatic rings. The maximum absolute atomic E-state index is 13.2. The molecule has 1 aliphatic heterocycles. The van der Waals surface area contributed by atoms with Crippen LogP contribution in [0.3, 0.4) is 0 Å². The van der Waals surface area contributed by atoms with E-state index in [4.69, 9.17) is 4.74 Å². The van der Waals surface area contributed by atoms with Crippen molar-refractivity contribution in [1.29, 1.82) is 0 Å². The molecule has 2 amide bonds. The fourth-order valence-electron chi connectivity index (χ4n) is 3.36. The molecule has 6 nitrogen and oxygen atoms in total. The van der Waals surface area contributed by atoms with Gasteiger partial charge in [0.05, 0.1) is 18.4 Å². The lowest BCUT2D eigenvalue weighted by Crippen LogP contribution is -2.44. The molecule has 32 heavy (non-hydrogen) atoms. The smallest absolute Gasteiger partial charge is 0.280 e. The Bertz CT molecular complexity index is 1150. The lowest BCUT2D eigenvalue weighted by molar-refractivity contribution is -0.137. The van der Waals surface area contributed by atoms with E-state index in [1.807, 2.05) is 54.6 Å². The summed E-state index contributed by atoms with van der Waals surface area (Å²) in [4.78, 5) is 26.4. The van der Waals surface area contributed by atoms with Crippen molar-refractivity contribution in [3.8, 4) is 11.5 Å². The van der Waals surface area contributed by atoms with Gasteiger partial charge in [0.2, 0.25) is 5.91 Å². The molecule has 0 saturated carbocycles. The van der Waals surface area contributed by atoms with Crippen molar-refractivity contribution in [2.24, 2.45) is 0 Å². The van der Waals surface area contributed by atoms with E-state index in [0.29, 0.717) is 16.2 Å². The second-order valence-corrected chi connectivity index (χ2v) is 8.34. The third kappa shape index (κ3) is 4.95. The van der Waals surface area contributed by atoms with E-state index < -0.39 is 5.37 Å². The minimum absolute atomic E-state index is 0.120. The zero-order valence-corrected chi connectivity index (χ0v) is 18.2. The van der Waals surface area contributed by atoms with Crippen molar-refractivity contribution in [1.82, 2.24) is 10.4 Å². The van der Waals surface area contributed by atoms with Gasteiger partial charge in [-0.25, -0.2) is 5.01 Å². The van der Waals surface area contributed by atoms with Crippen LogP contribution in [0.1, 0.15) is 22.1 Å². The van der Waals surface area contributed by atoms with Crippen molar-refractivity contribution >= 4 is 29.7 Å². The molecule has 1 heterocycles. The molecule has 162 valence electrons. The average Bonchev–Trinajstić information content (AvgIpc) is 3.09. The highest BCUT2D eigenvalue weighted by molar-refractivity contribution is 8.04. The first-order chi connectivity index (χ1) is 15.5. The molecule has 1 saturated heterocycles. The van der Waals surface area contributed by atoms with E-state index in [2.05, 4.69) is 5.43 Å². The van der Waals surface area contributed by atoms with Crippen molar-refractivity contribution in [3.05, 3.63) is 100 Å². The number of rotatable bonds is 6. The summed E-state index contributed by atoms with van der Waals surface area (Å²) >= 11 is 1.34. The van der Waals surface area contributed by atoms with Gasteiger partial charge in [0.25, 0.3) is 5.91 Å². The van der Waals surface area contributed by atoms with Gasteiger partial charge in [-0.1, -0.05) is 66.4 Å². The maximum Gasteiger partial charge on any atom is 0.280 e. The molecule has 4 rings (SSSR count). The van der Waals surface area contributed by atoms with Gasteiger partial charge in [-0.15, -0.1) is 0 Å². The van der Waals surface area contributed by atoms with E-state index in [1.165, 1.54) is 16.8 Å². The van der Waals surface area contributed by atoms with Crippen molar-refractivity contribution in [2.75, 3.05) is 7.11 Å². The summed E-state index contributed by atoms with van der Waals surface area (Å²) in [6, 6.07) is 23.4. The Morgan fingerprint density at radius 3 is 2.53 bits per heavy atom. The second kappa shape index (κ2) is 9.62. The minimum atomic E-state index is -0.434. The first-order valence-corrected chi connectivity index (χ1v) is 10.9. The van der Waals surface area contributed by atoms with E-state index in [0.717, 1.165) is 11.1 Å². The molecular weight excluding hydrogens is 424 g/mol. The number of benzene rings is 3. The number of phenols is 1. The number of nitrogens with one attached hydrogen (secondary N) is 1. The standard InChI is InChI=1S/C25H22N2O4S/c1-31-21-12-10-19(11-13-21)25-27(26-23(29)16-17-6-3-2-4-7-17)24(30)22(32-25)15-18-8-5-9-20(28)14-18/h2-15,25,28H,16H2,1H3,(H,26,29). The van der Waals surface area contributed by atoms with Crippen LogP contribution < -0.4 is 10.2 Å². The predicted molar refractivity (Wildman–Crippen MR) is 125 cm³/mol.